The van der Waals surface area contributed by atoms with Crippen LogP contribution in [-0.4, -0.2) is 28.7 Å². The van der Waals surface area contributed by atoms with E-state index in [0.29, 0.717) is 0 Å². The molecule has 5 nitrogen and oxygen atoms in total. The van der Waals surface area contributed by atoms with Crippen LogP contribution < -0.4 is 0 Å². The van der Waals surface area contributed by atoms with Crippen molar-refractivity contribution in [2.75, 3.05) is 7.11 Å². The van der Waals surface area contributed by atoms with Crippen molar-refractivity contribution < 1.29 is 19.4 Å². The Labute approximate surface area is 104 Å². The first-order valence-electron chi connectivity index (χ1n) is 5.07. The summed E-state index contributed by atoms with van der Waals surface area (Å²) in [7, 11) is 1.27. The normalized spacial score (nSPS) is 12.5. The van der Waals surface area contributed by atoms with Crippen molar-refractivity contribution in [1.29, 1.82) is 0 Å². The van der Waals surface area contributed by atoms with Crippen LogP contribution in [0.2, 0.25) is 5.02 Å². The lowest BCUT2D eigenvalue weighted by Gasteiger charge is -2.21. The number of hydrogen-bond donors (Lipinski definition) is 1. The Kier molecular flexibility index (Phi) is 4.17. The van der Waals surface area contributed by atoms with Crippen molar-refractivity contribution in [3.63, 3.8) is 0 Å². The van der Waals surface area contributed by atoms with E-state index >= 15 is 0 Å². The summed E-state index contributed by atoms with van der Waals surface area (Å²) < 4.78 is 6.01. The highest BCUT2D eigenvalue weighted by Crippen LogP contribution is 2.25. The molecule has 1 aromatic heterocycles. The minimum atomic E-state index is -1.13. The SMILES string of the molecule is COC(=O)C(C(C)C)n1cc(Cl)cc1C(=O)O. The zero-order valence-electron chi connectivity index (χ0n) is 9.81. The summed E-state index contributed by atoms with van der Waals surface area (Å²) in [6.45, 7) is 3.61. The molecular weight excluding hydrogens is 246 g/mol. The van der Waals surface area contributed by atoms with Gasteiger partial charge in [0.25, 0.3) is 0 Å². The molecule has 1 N–H and O–H groups in total. The summed E-state index contributed by atoms with van der Waals surface area (Å²) in [5.74, 6) is -1.73. The predicted molar refractivity (Wildman–Crippen MR) is 62.3 cm³/mol. The lowest BCUT2D eigenvalue weighted by molar-refractivity contribution is -0.146. The summed E-state index contributed by atoms with van der Waals surface area (Å²) in [5.41, 5.74) is -0.0286. The average Bonchev–Trinajstić information content (AvgIpc) is 2.59. The van der Waals surface area contributed by atoms with Gasteiger partial charge in [-0.3, -0.25) is 0 Å². The van der Waals surface area contributed by atoms with Crippen molar-refractivity contribution in [3.05, 3.63) is 23.0 Å². The van der Waals surface area contributed by atoms with Crippen molar-refractivity contribution >= 4 is 23.5 Å². The van der Waals surface area contributed by atoms with Crippen LogP contribution in [0.5, 0.6) is 0 Å². The van der Waals surface area contributed by atoms with Gasteiger partial charge >= 0.3 is 11.9 Å². The van der Waals surface area contributed by atoms with Crippen molar-refractivity contribution in [2.45, 2.75) is 19.9 Å². The second-order valence-corrected chi connectivity index (χ2v) is 4.40. The van der Waals surface area contributed by atoms with E-state index in [2.05, 4.69) is 4.74 Å². The van der Waals surface area contributed by atoms with Crippen molar-refractivity contribution in [1.82, 2.24) is 4.57 Å². The van der Waals surface area contributed by atoms with E-state index in [4.69, 9.17) is 16.7 Å². The van der Waals surface area contributed by atoms with Gasteiger partial charge in [0, 0.05) is 6.20 Å². The molecular formula is C11H14ClNO4. The number of hydrogen-bond acceptors (Lipinski definition) is 3. The highest BCUT2D eigenvalue weighted by molar-refractivity contribution is 6.31. The zero-order chi connectivity index (χ0) is 13.2. The number of halogens is 1. The summed E-state index contributed by atoms with van der Waals surface area (Å²) in [6.07, 6.45) is 1.42. The molecule has 94 valence electrons. The number of carboxylic acids is 1. The number of nitrogens with zero attached hydrogens (tertiary/aromatic N) is 1. The average molecular weight is 260 g/mol. The molecule has 1 aromatic rings. The van der Waals surface area contributed by atoms with Crippen molar-refractivity contribution in [3.8, 4) is 0 Å². The second kappa shape index (κ2) is 5.23. The van der Waals surface area contributed by atoms with Crippen LogP contribution in [0.3, 0.4) is 0 Å². The number of aromatic carboxylic acids is 1. The van der Waals surface area contributed by atoms with E-state index in [0.717, 1.165) is 0 Å². The second-order valence-electron chi connectivity index (χ2n) is 3.97. The quantitative estimate of drug-likeness (QED) is 0.842. The number of aromatic nitrogens is 1. The Balaban J connectivity index is 3.27. The molecule has 0 fully saturated rings. The maximum absolute atomic E-state index is 11.7. The Bertz CT molecular complexity index is 439. The molecule has 0 amide bonds. The molecule has 0 saturated carbocycles. The Morgan fingerprint density at radius 3 is 2.47 bits per heavy atom. The molecule has 0 aromatic carbocycles. The summed E-state index contributed by atoms with van der Waals surface area (Å²) >= 11 is 5.77. The third kappa shape index (κ3) is 2.79. The number of carbonyl (C=O) groups is 2. The monoisotopic (exact) mass is 259 g/mol. The minimum Gasteiger partial charge on any atom is -0.477 e. The van der Waals surface area contributed by atoms with E-state index in [1.165, 1.54) is 23.9 Å². The van der Waals surface area contributed by atoms with Gasteiger partial charge < -0.3 is 14.4 Å². The third-order valence-electron chi connectivity index (χ3n) is 2.41. The van der Waals surface area contributed by atoms with E-state index < -0.39 is 18.0 Å². The first-order valence-corrected chi connectivity index (χ1v) is 5.44. The summed E-state index contributed by atoms with van der Waals surface area (Å²) in [5, 5.41) is 9.31. The molecule has 0 radical (unpaired) electrons. The topological polar surface area (TPSA) is 68.5 Å². The van der Waals surface area contributed by atoms with E-state index in [1.807, 2.05) is 0 Å². The Hall–Kier alpha value is -1.49. The fraction of sp³-hybridized carbons (Fsp3) is 0.455. The first kappa shape index (κ1) is 13.6. The zero-order valence-corrected chi connectivity index (χ0v) is 10.6. The van der Waals surface area contributed by atoms with Gasteiger partial charge in [0.2, 0.25) is 0 Å². The number of carboxylic acid groups (broad SMARTS) is 1. The Morgan fingerprint density at radius 2 is 2.06 bits per heavy atom. The molecule has 0 bridgehead atoms. The van der Waals surface area contributed by atoms with Gasteiger partial charge in [-0.15, -0.1) is 0 Å². The van der Waals surface area contributed by atoms with Crippen LogP contribution in [0.25, 0.3) is 0 Å². The standard InChI is InChI=1S/C11H14ClNO4/c1-6(2)9(11(16)17-3)13-5-7(12)4-8(13)10(14)15/h4-6,9H,1-3H3,(H,14,15). The van der Waals surface area contributed by atoms with Gasteiger partial charge in [-0.25, -0.2) is 9.59 Å². The van der Waals surface area contributed by atoms with Crippen molar-refractivity contribution in [2.24, 2.45) is 5.92 Å². The van der Waals surface area contributed by atoms with Crippen LogP contribution in [-0.2, 0) is 9.53 Å². The smallest absolute Gasteiger partial charge is 0.352 e. The summed E-state index contributed by atoms with van der Waals surface area (Å²) in [6, 6.07) is 0.612. The van der Waals surface area contributed by atoms with Crippen LogP contribution >= 0.6 is 11.6 Å². The van der Waals surface area contributed by atoms with Gasteiger partial charge in [-0.2, -0.15) is 0 Å². The molecule has 1 rings (SSSR count). The van der Waals surface area contributed by atoms with E-state index in [9.17, 15) is 9.59 Å². The number of methoxy groups -OCH3 is 1. The molecule has 0 saturated heterocycles. The lowest BCUT2D eigenvalue weighted by atomic mass is 10.0. The van der Waals surface area contributed by atoms with Gasteiger partial charge in [-0.05, 0) is 12.0 Å². The molecule has 0 aliphatic heterocycles. The fourth-order valence-corrected chi connectivity index (χ4v) is 1.88. The van der Waals surface area contributed by atoms with Gasteiger partial charge in [0.1, 0.15) is 11.7 Å². The molecule has 17 heavy (non-hydrogen) atoms. The number of ether oxygens (including phenoxy) is 1. The third-order valence-corrected chi connectivity index (χ3v) is 2.61. The predicted octanol–water partition coefficient (Wildman–Crippen LogP) is 2.21. The first-order chi connectivity index (χ1) is 7.88. The minimum absolute atomic E-state index is 0.0286. The summed E-state index contributed by atoms with van der Waals surface area (Å²) in [4.78, 5) is 22.7. The molecule has 1 heterocycles. The molecule has 0 aliphatic rings. The highest BCUT2D eigenvalue weighted by Gasteiger charge is 2.28. The maximum atomic E-state index is 11.7. The van der Waals surface area contributed by atoms with E-state index in [-0.39, 0.29) is 16.6 Å². The molecule has 0 spiro atoms. The van der Waals surface area contributed by atoms with Gasteiger partial charge in [0.15, 0.2) is 0 Å². The maximum Gasteiger partial charge on any atom is 0.352 e. The molecule has 6 heteroatoms. The van der Waals surface area contributed by atoms with E-state index in [1.54, 1.807) is 13.8 Å². The van der Waals surface area contributed by atoms with Crippen LogP contribution in [0.15, 0.2) is 12.3 Å². The number of esters is 1. The highest BCUT2D eigenvalue weighted by atomic mass is 35.5. The van der Waals surface area contributed by atoms with Crippen LogP contribution in [0, 0.1) is 5.92 Å². The molecule has 1 unspecified atom stereocenters. The van der Waals surface area contributed by atoms with Gasteiger partial charge in [0.05, 0.1) is 12.1 Å². The Morgan fingerprint density at radius 1 is 1.47 bits per heavy atom. The fourth-order valence-electron chi connectivity index (χ4n) is 1.67. The van der Waals surface area contributed by atoms with Crippen LogP contribution in [0.1, 0.15) is 30.4 Å². The lowest BCUT2D eigenvalue weighted by Crippen LogP contribution is -2.27. The molecule has 0 aliphatic carbocycles. The number of carbonyl (C=O) groups excluding carboxylic acids is 1. The van der Waals surface area contributed by atoms with Crippen LogP contribution in [0.4, 0.5) is 0 Å². The largest absolute Gasteiger partial charge is 0.477 e. The molecule has 1 atom stereocenters. The number of rotatable bonds is 4. The van der Waals surface area contributed by atoms with Gasteiger partial charge in [-0.1, -0.05) is 25.4 Å².